The van der Waals surface area contributed by atoms with Gasteiger partial charge in [0.2, 0.25) is 0 Å². The third-order valence-electron chi connectivity index (χ3n) is 2.68. The first kappa shape index (κ1) is 12.8. The highest BCUT2D eigenvalue weighted by molar-refractivity contribution is 4.74. The van der Waals surface area contributed by atoms with Gasteiger partial charge in [0, 0.05) is 19.1 Å². The minimum atomic E-state index is -4.06. The summed E-state index contributed by atoms with van der Waals surface area (Å²) in [6.07, 6.45) is -1.02. The van der Waals surface area contributed by atoms with E-state index in [2.05, 4.69) is 0 Å². The summed E-state index contributed by atoms with van der Waals surface area (Å²) >= 11 is 0. The van der Waals surface area contributed by atoms with Gasteiger partial charge in [-0.15, -0.1) is 0 Å². The summed E-state index contributed by atoms with van der Waals surface area (Å²) < 4.78 is 40.8. The van der Waals surface area contributed by atoms with Crippen molar-refractivity contribution in [3.05, 3.63) is 0 Å². The summed E-state index contributed by atoms with van der Waals surface area (Å²) in [4.78, 5) is 0. The van der Waals surface area contributed by atoms with Crippen molar-refractivity contribution in [1.82, 2.24) is 0 Å². The molecule has 0 bridgehead atoms. The Morgan fingerprint density at radius 3 is 2.27 bits per heavy atom. The molecule has 1 aliphatic carbocycles. The van der Waals surface area contributed by atoms with E-state index in [1.807, 2.05) is 0 Å². The molecule has 1 rings (SSSR count). The average Bonchev–Trinajstić information content (AvgIpc) is 2.14. The molecule has 0 heterocycles. The van der Waals surface area contributed by atoms with Gasteiger partial charge < -0.3 is 10.5 Å². The van der Waals surface area contributed by atoms with Gasteiger partial charge in [-0.2, -0.15) is 13.2 Å². The Morgan fingerprint density at radius 2 is 1.73 bits per heavy atom. The highest BCUT2D eigenvalue weighted by atomic mass is 19.4. The molecule has 5 heteroatoms. The van der Waals surface area contributed by atoms with Crippen LogP contribution in [-0.4, -0.2) is 24.9 Å². The lowest BCUT2D eigenvalue weighted by Crippen LogP contribution is -2.30. The lowest BCUT2D eigenvalue weighted by molar-refractivity contribution is -0.139. The van der Waals surface area contributed by atoms with E-state index in [1.165, 1.54) is 0 Å². The maximum Gasteiger partial charge on any atom is 0.389 e. The highest BCUT2D eigenvalue weighted by Crippen LogP contribution is 2.23. The van der Waals surface area contributed by atoms with Gasteiger partial charge >= 0.3 is 6.18 Å². The smallest absolute Gasteiger partial charge is 0.378 e. The summed E-state index contributed by atoms with van der Waals surface area (Å²) in [5.74, 6) is 0. The fourth-order valence-corrected chi connectivity index (χ4v) is 1.78. The average molecular weight is 225 g/mol. The van der Waals surface area contributed by atoms with Gasteiger partial charge in [-0.3, -0.25) is 0 Å². The maximum atomic E-state index is 11.8. The first-order valence-corrected chi connectivity index (χ1v) is 5.41. The molecule has 0 aliphatic heterocycles. The zero-order valence-corrected chi connectivity index (χ0v) is 8.72. The number of hydrogen-bond donors (Lipinski definition) is 1. The third kappa shape index (κ3) is 5.99. The van der Waals surface area contributed by atoms with Gasteiger partial charge in [0.1, 0.15) is 0 Å². The Morgan fingerprint density at radius 1 is 1.13 bits per heavy atom. The lowest BCUT2D eigenvalue weighted by Gasteiger charge is -2.26. The molecule has 1 fully saturated rings. The van der Waals surface area contributed by atoms with Gasteiger partial charge in [0.05, 0.1) is 6.10 Å². The number of ether oxygens (including phenoxy) is 1. The van der Waals surface area contributed by atoms with Gasteiger partial charge in [0.25, 0.3) is 0 Å². The van der Waals surface area contributed by atoms with E-state index in [0.29, 0.717) is 0 Å². The van der Waals surface area contributed by atoms with Crippen LogP contribution in [0.4, 0.5) is 13.2 Å². The second-order valence-corrected chi connectivity index (χ2v) is 4.13. The number of nitrogens with two attached hydrogens (primary N) is 1. The van der Waals surface area contributed by atoms with Crippen LogP contribution in [0.2, 0.25) is 0 Å². The first-order chi connectivity index (χ1) is 6.97. The van der Waals surface area contributed by atoms with Gasteiger partial charge in [-0.25, -0.2) is 0 Å². The van der Waals surface area contributed by atoms with Crippen molar-refractivity contribution in [3.63, 3.8) is 0 Å². The molecule has 90 valence electrons. The number of halogens is 3. The molecule has 0 spiro atoms. The van der Waals surface area contributed by atoms with Gasteiger partial charge in [0.15, 0.2) is 0 Å². The standard InChI is InChI=1S/C10H18F3NO/c11-10(12,13)6-1-7-15-9-4-2-8(14)3-5-9/h8-9H,1-7,14H2. The van der Waals surface area contributed by atoms with Crippen LogP contribution in [0.1, 0.15) is 38.5 Å². The van der Waals surface area contributed by atoms with Crippen molar-refractivity contribution >= 4 is 0 Å². The Labute approximate surface area is 88.0 Å². The molecule has 0 aromatic carbocycles. The molecule has 0 radical (unpaired) electrons. The zero-order chi connectivity index (χ0) is 11.3. The second kappa shape index (κ2) is 5.70. The number of rotatable bonds is 4. The Balaban J connectivity index is 2.01. The first-order valence-electron chi connectivity index (χ1n) is 5.41. The van der Waals surface area contributed by atoms with Crippen molar-refractivity contribution in [3.8, 4) is 0 Å². The lowest BCUT2D eigenvalue weighted by atomic mass is 9.94. The molecule has 0 atom stereocenters. The fraction of sp³-hybridized carbons (Fsp3) is 1.00. The predicted molar refractivity (Wildman–Crippen MR) is 51.5 cm³/mol. The Bertz CT molecular complexity index is 176. The van der Waals surface area contributed by atoms with Crippen LogP contribution in [-0.2, 0) is 4.74 Å². The van der Waals surface area contributed by atoms with Crippen LogP contribution < -0.4 is 5.73 Å². The number of hydrogen-bond acceptors (Lipinski definition) is 2. The third-order valence-corrected chi connectivity index (χ3v) is 2.68. The Kier molecular flexibility index (Phi) is 4.86. The molecule has 2 nitrogen and oxygen atoms in total. The van der Waals surface area contributed by atoms with Crippen molar-refractivity contribution in [2.75, 3.05) is 6.61 Å². The van der Waals surface area contributed by atoms with Gasteiger partial charge in [-0.1, -0.05) is 0 Å². The topological polar surface area (TPSA) is 35.2 Å². The van der Waals surface area contributed by atoms with Crippen LogP contribution in [0.3, 0.4) is 0 Å². The summed E-state index contributed by atoms with van der Waals surface area (Å²) in [5, 5.41) is 0. The van der Waals surface area contributed by atoms with Crippen LogP contribution in [0.25, 0.3) is 0 Å². The summed E-state index contributed by atoms with van der Waals surface area (Å²) in [6.45, 7) is 0.208. The van der Waals surface area contributed by atoms with Crippen molar-refractivity contribution in [2.24, 2.45) is 5.73 Å². The molecular weight excluding hydrogens is 207 g/mol. The minimum absolute atomic E-state index is 0.0616. The van der Waals surface area contributed by atoms with E-state index >= 15 is 0 Å². The summed E-state index contributed by atoms with van der Waals surface area (Å²) in [5.41, 5.74) is 5.70. The summed E-state index contributed by atoms with van der Waals surface area (Å²) in [6, 6.07) is 0.250. The van der Waals surface area contributed by atoms with E-state index in [9.17, 15) is 13.2 Å². The molecule has 15 heavy (non-hydrogen) atoms. The van der Waals surface area contributed by atoms with Crippen molar-refractivity contribution in [1.29, 1.82) is 0 Å². The molecule has 0 aromatic heterocycles. The fourth-order valence-electron chi connectivity index (χ4n) is 1.78. The zero-order valence-electron chi connectivity index (χ0n) is 8.72. The monoisotopic (exact) mass is 225 g/mol. The van der Waals surface area contributed by atoms with E-state index in [1.54, 1.807) is 0 Å². The normalized spacial score (nSPS) is 28.0. The molecular formula is C10H18F3NO. The van der Waals surface area contributed by atoms with E-state index < -0.39 is 12.6 Å². The molecule has 2 N–H and O–H groups in total. The molecule has 0 saturated heterocycles. The van der Waals surface area contributed by atoms with Crippen LogP contribution in [0, 0.1) is 0 Å². The molecule has 0 unspecified atom stereocenters. The quantitative estimate of drug-likeness (QED) is 0.746. The van der Waals surface area contributed by atoms with E-state index in [4.69, 9.17) is 10.5 Å². The largest absolute Gasteiger partial charge is 0.389 e. The molecule has 1 saturated carbocycles. The van der Waals surface area contributed by atoms with E-state index in [0.717, 1.165) is 25.7 Å². The van der Waals surface area contributed by atoms with Crippen molar-refractivity contribution in [2.45, 2.75) is 56.8 Å². The summed E-state index contributed by atoms with van der Waals surface area (Å²) in [7, 11) is 0. The second-order valence-electron chi connectivity index (χ2n) is 4.13. The SMILES string of the molecule is NC1CCC(OCCCC(F)(F)F)CC1. The number of alkyl halides is 3. The van der Waals surface area contributed by atoms with Crippen molar-refractivity contribution < 1.29 is 17.9 Å². The van der Waals surface area contributed by atoms with E-state index in [-0.39, 0.29) is 25.2 Å². The van der Waals surface area contributed by atoms with Crippen LogP contribution >= 0.6 is 0 Å². The highest BCUT2D eigenvalue weighted by Gasteiger charge is 2.26. The molecule has 1 aliphatic rings. The molecule has 0 aromatic rings. The van der Waals surface area contributed by atoms with Gasteiger partial charge in [-0.05, 0) is 32.1 Å². The maximum absolute atomic E-state index is 11.8. The Hall–Kier alpha value is -0.290. The predicted octanol–water partition coefficient (Wildman–Crippen LogP) is 2.62. The van der Waals surface area contributed by atoms with Crippen LogP contribution in [0.5, 0.6) is 0 Å². The molecule has 0 amide bonds. The van der Waals surface area contributed by atoms with Crippen LogP contribution in [0.15, 0.2) is 0 Å². The minimum Gasteiger partial charge on any atom is -0.378 e.